The average molecular weight is 425 g/mol. The predicted octanol–water partition coefficient (Wildman–Crippen LogP) is 3.78. The van der Waals surface area contributed by atoms with Crippen LogP contribution >= 0.6 is 22.6 Å². The topological polar surface area (TPSA) is 35.6 Å². The van der Waals surface area contributed by atoms with E-state index in [9.17, 15) is 9.18 Å². The number of hydrogen-bond donors (Lipinski definition) is 1. The molecule has 2 aromatic rings. The van der Waals surface area contributed by atoms with Crippen LogP contribution < -0.4 is 10.2 Å². The number of anilines is 2. The number of hydrogen-bond acceptors (Lipinski definition) is 2. The molecule has 0 aromatic heterocycles. The number of nitrogens with one attached hydrogen (secondary N) is 1. The molecule has 0 saturated carbocycles. The molecule has 6 heteroatoms. The van der Waals surface area contributed by atoms with Crippen molar-refractivity contribution in [1.29, 1.82) is 0 Å². The second kappa shape index (κ2) is 7.16. The molecule has 0 unspecified atom stereocenters. The first-order valence-corrected chi connectivity index (χ1v) is 8.52. The van der Waals surface area contributed by atoms with Crippen LogP contribution in [0.3, 0.4) is 0 Å². The van der Waals surface area contributed by atoms with Crippen molar-refractivity contribution in [2.75, 3.05) is 36.4 Å². The van der Waals surface area contributed by atoms with Crippen LogP contribution in [0.2, 0.25) is 0 Å². The van der Waals surface area contributed by atoms with Crippen molar-refractivity contribution >= 4 is 40.0 Å². The van der Waals surface area contributed by atoms with E-state index in [1.165, 1.54) is 12.1 Å². The van der Waals surface area contributed by atoms with Crippen LogP contribution in [-0.4, -0.2) is 37.1 Å². The van der Waals surface area contributed by atoms with Gasteiger partial charge in [0.2, 0.25) is 0 Å². The Morgan fingerprint density at radius 1 is 1.04 bits per heavy atom. The Kier molecular flexibility index (Phi) is 5.00. The van der Waals surface area contributed by atoms with Crippen molar-refractivity contribution in [3.63, 3.8) is 0 Å². The summed E-state index contributed by atoms with van der Waals surface area (Å²) < 4.78 is 14.1. The summed E-state index contributed by atoms with van der Waals surface area (Å²) in [5, 5.41) is 2.93. The number of rotatable bonds is 2. The molecular weight excluding hydrogens is 408 g/mol. The van der Waals surface area contributed by atoms with E-state index in [0.717, 1.165) is 28.0 Å². The van der Waals surface area contributed by atoms with Gasteiger partial charge in [-0.3, -0.25) is 0 Å². The Morgan fingerprint density at radius 3 is 2.39 bits per heavy atom. The molecule has 23 heavy (non-hydrogen) atoms. The van der Waals surface area contributed by atoms with E-state index in [4.69, 9.17) is 0 Å². The number of halogens is 2. The lowest BCUT2D eigenvalue weighted by atomic mass is 10.2. The third-order valence-corrected chi connectivity index (χ3v) is 4.51. The van der Waals surface area contributed by atoms with E-state index in [1.54, 1.807) is 17.0 Å². The molecule has 1 heterocycles. The van der Waals surface area contributed by atoms with E-state index >= 15 is 0 Å². The molecule has 0 aliphatic carbocycles. The Balaban J connectivity index is 1.56. The quantitative estimate of drug-likeness (QED) is 0.744. The minimum atomic E-state index is -0.232. The summed E-state index contributed by atoms with van der Waals surface area (Å²) in [6.45, 7) is 2.77. The van der Waals surface area contributed by atoms with E-state index in [1.807, 2.05) is 24.3 Å². The minimum absolute atomic E-state index is 0.0780. The summed E-state index contributed by atoms with van der Waals surface area (Å²) in [5.74, 6) is -0.232. The monoisotopic (exact) mass is 425 g/mol. The maximum Gasteiger partial charge on any atom is 0.321 e. The number of benzene rings is 2. The summed E-state index contributed by atoms with van der Waals surface area (Å²) in [7, 11) is 0. The molecule has 1 fully saturated rings. The van der Waals surface area contributed by atoms with Gasteiger partial charge >= 0.3 is 6.03 Å². The molecule has 0 atom stereocenters. The number of nitrogens with zero attached hydrogens (tertiary/aromatic N) is 2. The maximum atomic E-state index is 13.0. The third-order valence-electron chi connectivity index (χ3n) is 3.83. The van der Waals surface area contributed by atoms with Gasteiger partial charge in [0.1, 0.15) is 5.82 Å². The average Bonchev–Trinajstić information content (AvgIpc) is 2.56. The summed E-state index contributed by atoms with van der Waals surface area (Å²) in [6.07, 6.45) is 0. The first-order chi connectivity index (χ1) is 11.1. The van der Waals surface area contributed by atoms with Crippen molar-refractivity contribution in [2.45, 2.75) is 0 Å². The lowest BCUT2D eigenvalue weighted by molar-refractivity contribution is 0.208. The Hall–Kier alpha value is -1.83. The highest BCUT2D eigenvalue weighted by Gasteiger charge is 2.21. The zero-order valence-corrected chi connectivity index (χ0v) is 14.7. The predicted molar refractivity (Wildman–Crippen MR) is 98.4 cm³/mol. The lowest BCUT2D eigenvalue weighted by Crippen LogP contribution is -2.50. The van der Waals surface area contributed by atoms with Gasteiger partial charge in [-0.15, -0.1) is 0 Å². The van der Waals surface area contributed by atoms with Gasteiger partial charge in [-0.1, -0.05) is 6.07 Å². The molecule has 1 aliphatic heterocycles. The van der Waals surface area contributed by atoms with Gasteiger partial charge in [-0.25, -0.2) is 9.18 Å². The molecule has 1 aliphatic rings. The first-order valence-electron chi connectivity index (χ1n) is 7.44. The normalized spacial score (nSPS) is 14.7. The molecule has 0 radical (unpaired) electrons. The Morgan fingerprint density at radius 2 is 1.74 bits per heavy atom. The van der Waals surface area contributed by atoms with Crippen molar-refractivity contribution in [3.05, 3.63) is 57.9 Å². The van der Waals surface area contributed by atoms with E-state index in [-0.39, 0.29) is 11.8 Å². The number of piperazine rings is 1. The second-order valence-corrected chi connectivity index (χ2v) is 6.64. The van der Waals surface area contributed by atoms with Gasteiger partial charge in [-0.2, -0.15) is 0 Å². The van der Waals surface area contributed by atoms with E-state index in [0.29, 0.717) is 13.1 Å². The number of amides is 2. The number of urea groups is 1. The van der Waals surface area contributed by atoms with E-state index in [2.05, 4.69) is 32.8 Å². The smallest absolute Gasteiger partial charge is 0.321 e. The van der Waals surface area contributed by atoms with Gasteiger partial charge in [-0.05, 0) is 65.1 Å². The minimum Gasteiger partial charge on any atom is -0.368 e. The second-order valence-electron chi connectivity index (χ2n) is 5.39. The zero-order valence-electron chi connectivity index (χ0n) is 12.5. The van der Waals surface area contributed by atoms with Crippen LogP contribution in [0.4, 0.5) is 20.6 Å². The molecule has 3 rings (SSSR count). The number of carbonyl (C=O) groups excluding carboxylic acids is 1. The van der Waals surface area contributed by atoms with Crippen LogP contribution in [0.25, 0.3) is 0 Å². The highest BCUT2D eigenvalue weighted by Crippen LogP contribution is 2.18. The maximum absolute atomic E-state index is 13.0. The molecule has 2 aromatic carbocycles. The van der Waals surface area contributed by atoms with Crippen molar-refractivity contribution < 1.29 is 9.18 Å². The summed E-state index contributed by atoms with van der Waals surface area (Å²) in [4.78, 5) is 16.3. The Bertz CT molecular complexity index is 684. The van der Waals surface area contributed by atoms with Gasteiger partial charge < -0.3 is 15.1 Å². The van der Waals surface area contributed by atoms with Gasteiger partial charge in [0.25, 0.3) is 0 Å². The first kappa shape index (κ1) is 16.0. The van der Waals surface area contributed by atoms with E-state index < -0.39 is 0 Å². The molecule has 0 spiro atoms. The molecule has 2 amide bonds. The van der Waals surface area contributed by atoms with Crippen LogP contribution in [0.5, 0.6) is 0 Å². The fraction of sp³-hybridized carbons (Fsp3) is 0.235. The molecule has 4 nitrogen and oxygen atoms in total. The van der Waals surface area contributed by atoms with Gasteiger partial charge in [0, 0.05) is 41.1 Å². The largest absolute Gasteiger partial charge is 0.368 e. The highest BCUT2D eigenvalue weighted by atomic mass is 127. The zero-order chi connectivity index (χ0) is 16.2. The molecular formula is C17H17FIN3O. The summed E-state index contributed by atoms with van der Waals surface area (Å²) >= 11 is 2.22. The highest BCUT2D eigenvalue weighted by molar-refractivity contribution is 14.1. The lowest BCUT2D eigenvalue weighted by Gasteiger charge is -2.36. The van der Waals surface area contributed by atoms with Crippen LogP contribution in [0.1, 0.15) is 0 Å². The summed E-state index contributed by atoms with van der Waals surface area (Å²) in [6, 6.07) is 14.1. The molecule has 0 bridgehead atoms. The van der Waals surface area contributed by atoms with Crippen molar-refractivity contribution in [1.82, 2.24) is 4.90 Å². The van der Waals surface area contributed by atoms with Crippen LogP contribution in [-0.2, 0) is 0 Å². The standard InChI is InChI=1S/C17H17FIN3O/c18-13-4-6-16(7-5-13)21-8-10-22(11-9-21)17(23)20-15-3-1-2-14(19)12-15/h1-7,12H,8-11H2,(H,20,23). The van der Waals surface area contributed by atoms with Crippen LogP contribution in [0, 0.1) is 9.39 Å². The molecule has 1 N–H and O–H groups in total. The van der Waals surface area contributed by atoms with Gasteiger partial charge in [0.15, 0.2) is 0 Å². The Labute approximate surface area is 148 Å². The summed E-state index contributed by atoms with van der Waals surface area (Å²) in [5.41, 5.74) is 1.80. The molecule has 1 saturated heterocycles. The fourth-order valence-corrected chi connectivity index (χ4v) is 3.13. The third kappa shape index (κ3) is 4.13. The molecule has 120 valence electrons. The van der Waals surface area contributed by atoms with Crippen molar-refractivity contribution in [2.24, 2.45) is 0 Å². The number of carbonyl (C=O) groups is 1. The fourth-order valence-electron chi connectivity index (χ4n) is 2.59. The van der Waals surface area contributed by atoms with Gasteiger partial charge in [0.05, 0.1) is 0 Å². The van der Waals surface area contributed by atoms with Crippen molar-refractivity contribution in [3.8, 4) is 0 Å². The SMILES string of the molecule is O=C(Nc1cccc(I)c1)N1CCN(c2ccc(F)cc2)CC1. The van der Waals surface area contributed by atoms with Crippen LogP contribution in [0.15, 0.2) is 48.5 Å².